The summed E-state index contributed by atoms with van der Waals surface area (Å²) in [6.45, 7) is 0. The third kappa shape index (κ3) is 834. The molecule has 0 aliphatic rings. The topological polar surface area (TPSA) is 101 Å². The molecule has 1 amide bonds. The Kier molecular flexibility index (Phi) is 24.4. The molecule has 0 unspecified atom stereocenters. The number of primary amides is 1. The van der Waals surface area contributed by atoms with Crippen LogP contribution in [0.5, 0.6) is 0 Å². The molecule has 0 aromatic heterocycles. The number of carbonyl (C=O) groups is 1. The van der Waals surface area contributed by atoms with Crippen LogP contribution in [0.4, 0.5) is 4.79 Å². The van der Waals surface area contributed by atoms with Gasteiger partial charge in [-0.25, -0.2) is 0 Å². The summed E-state index contributed by atoms with van der Waals surface area (Å²) in [6.07, 6.45) is -1.58. The van der Waals surface area contributed by atoms with E-state index < -0.39 is 6.09 Å². The third-order valence-corrected chi connectivity index (χ3v) is 0. The Labute approximate surface area is 57.6 Å². The number of amides is 1. The average Bonchev–Trinajstić information content (AvgIpc) is 0.811. The van der Waals surface area contributed by atoms with Crippen molar-refractivity contribution >= 4 is 6.09 Å². The maximum absolute atomic E-state index is 8.67. The molecular formula is CH5N2NaO2. The maximum Gasteiger partial charge on any atom is 1.00 e. The quantitative estimate of drug-likeness (QED) is 0.300. The van der Waals surface area contributed by atoms with Crippen LogP contribution in [0.2, 0.25) is 0 Å². The molecule has 4 nitrogen and oxygen atoms in total. The van der Waals surface area contributed by atoms with Crippen LogP contribution in [0.25, 0.3) is 0 Å². The smallest absolute Gasteiger partial charge is 0.530 e. The zero-order chi connectivity index (χ0) is 3.58. The Morgan fingerprint density at radius 3 is 1.67 bits per heavy atom. The normalized spacial score (nSPS) is 4.00. The van der Waals surface area contributed by atoms with E-state index in [1.807, 2.05) is 0 Å². The van der Waals surface area contributed by atoms with Crippen molar-refractivity contribution in [3.63, 3.8) is 0 Å². The second-order valence-corrected chi connectivity index (χ2v) is 0.319. The van der Waals surface area contributed by atoms with E-state index in [1.165, 1.54) is 0 Å². The van der Waals surface area contributed by atoms with E-state index in [4.69, 9.17) is 9.90 Å². The Balaban J connectivity index is -0.0000000450. The van der Waals surface area contributed by atoms with Gasteiger partial charge in [0.25, 0.3) is 0 Å². The predicted molar refractivity (Wildman–Crippen MR) is 14.6 cm³/mol. The summed E-state index contributed by atoms with van der Waals surface area (Å²) in [7, 11) is 0. The van der Waals surface area contributed by atoms with Gasteiger partial charge in [-0.05, 0) is 0 Å². The number of carbonyl (C=O) groups excluding carboxylic acids is 1. The van der Waals surface area contributed by atoms with Crippen LogP contribution < -0.4 is 46.5 Å². The van der Waals surface area contributed by atoms with Crippen molar-refractivity contribution in [3.05, 3.63) is 0 Å². The van der Waals surface area contributed by atoms with E-state index in [1.54, 1.807) is 0 Å². The van der Waals surface area contributed by atoms with Gasteiger partial charge in [0.1, 0.15) is 6.09 Å². The molecule has 32 valence electrons. The minimum Gasteiger partial charge on any atom is -0.530 e. The average molecular weight is 100 g/mol. The zero-order valence-corrected chi connectivity index (χ0v) is 5.60. The summed E-state index contributed by atoms with van der Waals surface area (Å²) in [5.74, 6) is 0. The predicted octanol–water partition coefficient (Wildman–Crippen LogP) is -4.55. The summed E-state index contributed by atoms with van der Waals surface area (Å²) >= 11 is 0. The summed E-state index contributed by atoms with van der Waals surface area (Å²) < 4.78 is 0. The summed E-state index contributed by atoms with van der Waals surface area (Å²) in [4.78, 5) is 8.67. The number of hydrogen-bond donors (Lipinski definition) is 2. The van der Waals surface area contributed by atoms with Crippen molar-refractivity contribution in [1.29, 1.82) is 0 Å². The monoisotopic (exact) mass is 100 g/mol. The van der Waals surface area contributed by atoms with E-state index in [0.29, 0.717) is 0 Å². The number of hydrogen-bond acceptors (Lipinski definition) is 3. The first kappa shape index (κ1) is 16.3. The van der Waals surface area contributed by atoms with E-state index in [2.05, 4.69) is 5.73 Å². The van der Waals surface area contributed by atoms with Gasteiger partial charge in [-0.3, -0.25) is 0 Å². The fourth-order valence-corrected chi connectivity index (χ4v) is 0. The number of rotatable bonds is 0. The minimum absolute atomic E-state index is 0. The molecule has 0 atom stereocenters. The van der Waals surface area contributed by atoms with Crippen molar-refractivity contribution < 1.29 is 39.5 Å². The van der Waals surface area contributed by atoms with Crippen LogP contribution in [0, 0.1) is 0 Å². The van der Waals surface area contributed by atoms with Gasteiger partial charge in [-0.1, -0.05) is 0 Å². The molecule has 6 heavy (non-hydrogen) atoms. The van der Waals surface area contributed by atoms with Gasteiger partial charge in [-0.2, -0.15) is 0 Å². The summed E-state index contributed by atoms with van der Waals surface area (Å²) in [5, 5.41) is 8.67. The van der Waals surface area contributed by atoms with Crippen LogP contribution in [0.15, 0.2) is 0 Å². The van der Waals surface area contributed by atoms with Crippen molar-refractivity contribution in [3.8, 4) is 0 Å². The first-order valence-electron chi connectivity index (χ1n) is 0.697. The molecule has 5 heteroatoms. The Morgan fingerprint density at radius 2 is 1.67 bits per heavy atom. The van der Waals surface area contributed by atoms with Gasteiger partial charge in [0.2, 0.25) is 0 Å². The van der Waals surface area contributed by atoms with Crippen LogP contribution in [0.3, 0.4) is 0 Å². The van der Waals surface area contributed by atoms with Gasteiger partial charge in [0, 0.05) is 0 Å². The largest absolute Gasteiger partial charge is 1.00 e. The van der Waals surface area contributed by atoms with Gasteiger partial charge in [0.05, 0.1) is 0 Å². The van der Waals surface area contributed by atoms with Gasteiger partial charge < -0.3 is 21.8 Å². The number of nitrogens with two attached hydrogens (primary N) is 1. The van der Waals surface area contributed by atoms with E-state index in [0.717, 1.165) is 0 Å². The molecule has 0 saturated heterocycles. The molecule has 0 aromatic rings. The molecule has 0 radical (unpaired) electrons. The summed E-state index contributed by atoms with van der Waals surface area (Å²) in [5.41, 5.74) is 3.92. The van der Waals surface area contributed by atoms with Gasteiger partial charge in [0.15, 0.2) is 0 Å². The molecule has 0 saturated carbocycles. The first-order chi connectivity index (χ1) is 1.73. The van der Waals surface area contributed by atoms with E-state index >= 15 is 0 Å². The van der Waals surface area contributed by atoms with Crippen LogP contribution in [0.1, 0.15) is 0 Å². The number of carboxylic acid groups (broad SMARTS) is 1. The second kappa shape index (κ2) is 8.97. The van der Waals surface area contributed by atoms with Crippen LogP contribution in [-0.2, 0) is 0 Å². The fraction of sp³-hybridized carbons (Fsp3) is 0. The second-order valence-electron chi connectivity index (χ2n) is 0.319. The van der Waals surface area contributed by atoms with Crippen molar-refractivity contribution in [2.75, 3.05) is 0 Å². The zero-order valence-electron chi connectivity index (χ0n) is 3.60. The molecule has 0 aliphatic heterocycles. The maximum atomic E-state index is 8.67. The minimum atomic E-state index is -1.58. The van der Waals surface area contributed by atoms with E-state index in [-0.39, 0.29) is 35.7 Å². The van der Waals surface area contributed by atoms with E-state index in [9.17, 15) is 0 Å². The summed E-state index contributed by atoms with van der Waals surface area (Å²) in [6, 6.07) is 0. The SMILES string of the molecule is N.NC(=O)[O-].[Na+]. The molecule has 0 aliphatic carbocycles. The van der Waals surface area contributed by atoms with Gasteiger partial charge in [-0.15, -0.1) is 0 Å². The first-order valence-corrected chi connectivity index (χ1v) is 0.697. The standard InChI is InChI=1S/CH3NO2.H3N.Na/c2-1(3)4;;/h2H2,(H,3,4);1H3;/q;;+1/p-1. The molecule has 5 N–H and O–H groups in total. The molecule has 0 bridgehead atoms. The van der Waals surface area contributed by atoms with Gasteiger partial charge >= 0.3 is 29.6 Å². The molecule has 0 spiro atoms. The Morgan fingerprint density at radius 1 is 1.67 bits per heavy atom. The molecule has 0 fully saturated rings. The van der Waals surface area contributed by atoms with Crippen molar-refractivity contribution in [2.45, 2.75) is 0 Å². The third-order valence-electron chi connectivity index (χ3n) is 0. The molecular weight excluding hydrogens is 95.0 g/mol. The molecule has 0 heterocycles. The Bertz CT molecular complexity index is 34.5. The van der Waals surface area contributed by atoms with Crippen molar-refractivity contribution in [1.82, 2.24) is 6.15 Å². The van der Waals surface area contributed by atoms with Crippen molar-refractivity contribution in [2.24, 2.45) is 5.73 Å². The molecule has 0 aromatic carbocycles. The Hall–Kier alpha value is 0.230. The molecule has 0 rings (SSSR count). The van der Waals surface area contributed by atoms with Crippen LogP contribution in [-0.4, -0.2) is 6.09 Å². The van der Waals surface area contributed by atoms with Crippen LogP contribution >= 0.6 is 0 Å². The fourth-order valence-electron chi connectivity index (χ4n) is 0.